The lowest BCUT2D eigenvalue weighted by atomic mass is 10.0. The van der Waals surface area contributed by atoms with E-state index in [1.165, 1.54) is 32.1 Å². The van der Waals surface area contributed by atoms with Crippen LogP contribution >= 0.6 is 11.8 Å². The number of esters is 1. The van der Waals surface area contributed by atoms with Crippen LogP contribution < -0.4 is 5.32 Å². The molecule has 3 rings (SSSR count). The molecule has 0 unspecified atom stereocenters. The maximum absolute atomic E-state index is 12.6. The zero-order valence-electron chi connectivity index (χ0n) is 16.9. The van der Waals surface area contributed by atoms with E-state index in [2.05, 4.69) is 5.32 Å². The highest BCUT2D eigenvalue weighted by molar-refractivity contribution is 7.99. The molecule has 1 amide bonds. The molecule has 1 aliphatic rings. The van der Waals surface area contributed by atoms with E-state index < -0.39 is 5.97 Å². The number of thioether (sulfide) groups is 1. The second-order valence-corrected chi connectivity index (χ2v) is 8.54. The van der Waals surface area contributed by atoms with Gasteiger partial charge in [-0.1, -0.05) is 37.5 Å². The zero-order valence-corrected chi connectivity index (χ0v) is 17.7. The third-order valence-corrected chi connectivity index (χ3v) is 6.48. The first-order valence-corrected chi connectivity index (χ1v) is 11.3. The van der Waals surface area contributed by atoms with Gasteiger partial charge in [0.15, 0.2) is 6.61 Å². The Morgan fingerprint density at radius 3 is 2.79 bits per heavy atom. The second kappa shape index (κ2) is 11.3. The summed E-state index contributed by atoms with van der Waals surface area (Å²) >= 11 is 1.88. The maximum atomic E-state index is 12.6. The van der Waals surface area contributed by atoms with Gasteiger partial charge in [-0.2, -0.15) is 11.8 Å². The van der Waals surface area contributed by atoms with Crippen LogP contribution in [0.2, 0.25) is 0 Å². The van der Waals surface area contributed by atoms with E-state index in [1.54, 1.807) is 7.11 Å². The van der Waals surface area contributed by atoms with Gasteiger partial charge in [-0.05, 0) is 25.3 Å². The lowest BCUT2D eigenvalue weighted by molar-refractivity contribution is -0.124. The van der Waals surface area contributed by atoms with Crippen molar-refractivity contribution in [1.82, 2.24) is 5.32 Å². The van der Waals surface area contributed by atoms with Gasteiger partial charge >= 0.3 is 5.97 Å². The molecule has 0 radical (unpaired) electrons. The smallest absolute Gasteiger partial charge is 0.375 e. The number of methoxy groups -OCH3 is 1. The Balaban J connectivity index is 1.62. The number of rotatable bonds is 10. The van der Waals surface area contributed by atoms with Gasteiger partial charge in [0, 0.05) is 42.2 Å². The number of amides is 1. The van der Waals surface area contributed by atoms with Gasteiger partial charge in [0.05, 0.1) is 0 Å². The predicted octanol–water partition coefficient (Wildman–Crippen LogP) is 4.31. The quantitative estimate of drug-likeness (QED) is 0.457. The Morgan fingerprint density at radius 2 is 2.00 bits per heavy atom. The summed E-state index contributed by atoms with van der Waals surface area (Å²) in [6.07, 6.45) is 7.03. The van der Waals surface area contributed by atoms with E-state index >= 15 is 0 Å². The highest BCUT2D eigenvalue weighted by atomic mass is 32.2. The van der Waals surface area contributed by atoms with Crippen LogP contribution in [-0.4, -0.2) is 44.0 Å². The van der Waals surface area contributed by atoms with Gasteiger partial charge in [-0.25, -0.2) is 4.79 Å². The van der Waals surface area contributed by atoms with Crippen LogP contribution in [-0.2, 0) is 20.0 Å². The molecule has 1 heterocycles. The number of hydrogen-bond acceptors (Lipinski definition) is 6. The average molecular weight is 420 g/mol. The Hall–Kier alpha value is -1.99. The van der Waals surface area contributed by atoms with E-state index in [-0.39, 0.29) is 18.3 Å². The number of hydrogen-bond donors (Lipinski definition) is 1. The van der Waals surface area contributed by atoms with Crippen molar-refractivity contribution in [2.24, 2.45) is 0 Å². The van der Waals surface area contributed by atoms with Crippen molar-refractivity contribution >= 4 is 34.6 Å². The van der Waals surface area contributed by atoms with Gasteiger partial charge in [0.25, 0.3) is 5.91 Å². The van der Waals surface area contributed by atoms with Crippen LogP contribution in [0.4, 0.5) is 0 Å². The standard InChI is InChI=1S/C22H29NO5S/c1-26-13-7-12-23-20(24)14-27-22(25)21-18(15-29-16-8-3-2-4-9-16)17-10-5-6-11-19(17)28-21/h5-6,10-11,16H,2-4,7-9,12-15H2,1H3,(H,23,24). The van der Waals surface area contributed by atoms with Crippen LogP contribution in [0, 0.1) is 0 Å². The number of ether oxygens (including phenoxy) is 2. The molecule has 2 aromatic rings. The van der Waals surface area contributed by atoms with Gasteiger partial charge in [-0.15, -0.1) is 0 Å². The second-order valence-electron chi connectivity index (χ2n) is 7.25. The van der Waals surface area contributed by atoms with Crippen LogP contribution in [0.1, 0.15) is 54.6 Å². The van der Waals surface area contributed by atoms with E-state index in [0.717, 1.165) is 10.9 Å². The third-order valence-electron chi connectivity index (χ3n) is 5.08. The monoisotopic (exact) mass is 419 g/mol. The van der Waals surface area contributed by atoms with Crippen LogP contribution in [0.5, 0.6) is 0 Å². The zero-order chi connectivity index (χ0) is 20.5. The molecule has 1 aromatic carbocycles. The SMILES string of the molecule is COCCCNC(=O)COC(=O)c1oc2ccccc2c1CSC1CCCCC1. The number of nitrogens with one attached hydrogen (secondary N) is 1. The Labute approximate surface area is 175 Å². The summed E-state index contributed by atoms with van der Waals surface area (Å²) in [6, 6.07) is 7.64. The lowest BCUT2D eigenvalue weighted by Gasteiger charge is -2.20. The molecule has 1 saturated carbocycles. The van der Waals surface area contributed by atoms with Crippen LogP contribution in [0.25, 0.3) is 11.0 Å². The van der Waals surface area contributed by atoms with E-state index in [4.69, 9.17) is 13.9 Å². The molecular formula is C22H29NO5S. The molecule has 158 valence electrons. The molecule has 1 aliphatic carbocycles. The summed E-state index contributed by atoms with van der Waals surface area (Å²) in [5.74, 6) is -0.00660. The molecule has 6 nitrogen and oxygen atoms in total. The fourth-order valence-electron chi connectivity index (χ4n) is 3.53. The highest BCUT2D eigenvalue weighted by Gasteiger charge is 2.24. The van der Waals surface area contributed by atoms with E-state index in [9.17, 15) is 9.59 Å². The van der Waals surface area contributed by atoms with Crippen LogP contribution in [0.15, 0.2) is 28.7 Å². The number of furan rings is 1. The van der Waals surface area contributed by atoms with Crippen molar-refractivity contribution in [2.45, 2.75) is 49.5 Å². The number of carbonyl (C=O) groups excluding carboxylic acids is 2. The lowest BCUT2D eigenvalue weighted by Crippen LogP contribution is -2.30. The largest absolute Gasteiger partial charge is 0.450 e. The Morgan fingerprint density at radius 1 is 1.21 bits per heavy atom. The van der Waals surface area contributed by atoms with Gasteiger partial charge < -0.3 is 19.2 Å². The van der Waals surface area contributed by atoms with Gasteiger partial charge in [0.2, 0.25) is 5.76 Å². The summed E-state index contributed by atoms with van der Waals surface area (Å²) < 4.78 is 16.0. The normalized spacial score (nSPS) is 14.8. The topological polar surface area (TPSA) is 77.8 Å². The predicted molar refractivity (Wildman–Crippen MR) is 114 cm³/mol. The van der Waals surface area contributed by atoms with Gasteiger partial charge in [-0.3, -0.25) is 4.79 Å². The van der Waals surface area contributed by atoms with Crippen molar-refractivity contribution < 1.29 is 23.5 Å². The molecule has 0 bridgehead atoms. The first-order chi connectivity index (χ1) is 14.2. The Kier molecular flexibility index (Phi) is 8.43. The minimum Gasteiger partial charge on any atom is -0.450 e. The van der Waals surface area contributed by atoms with Crippen molar-refractivity contribution in [3.8, 4) is 0 Å². The van der Waals surface area contributed by atoms with Crippen molar-refractivity contribution in [2.75, 3.05) is 26.9 Å². The van der Waals surface area contributed by atoms with Crippen molar-refractivity contribution in [3.63, 3.8) is 0 Å². The average Bonchev–Trinajstić information content (AvgIpc) is 3.13. The summed E-state index contributed by atoms with van der Waals surface area (Å²) in [5.41, 5.74) is 1.53. The number of fused-ring (bicyclic) bond motifs is 1. The molecule has 1 N–H and O–H groups in total. The molecule has 1 aromatic heterocycles. The molecule has 7 heteroatoms. The third kappa shape index (κ3) is 6.24. The van der Waals surface area contributed by atoms with Crippen LogP contribution in [0.3, 0.4) is 0 Å². The summed E-state index contributed by atoms with van der Waals surface area (Å²) in [4.78, 5) is 24.5. The van der Waals surface area contributed by atoms with Crippen molar-refractivity contribution in [3.05, 3.63) is 35.6 Å². The van der Waals surface area contributed by atoms with E-state index in [1.807, 2.05) is 36.0 Å². The molecule has 1 fully saturated rings. The maximum Gasteiger partial charge on any atom is 0.375 e. The van der Waals surface area contributed by atoms with Gasteiger partial charge in [0.1, 0.15) is 5.58 Å². The highest BCUT2D eigenvalue weighted by Crippen LogP contribution is 2.35. The first-order valence-electron chi connectivity index (χ1n) is 10.2. The molecule has 0 aliphatic heterocycles. The number of benzene rings is 1. The molecule has 29 heavy (non-hydrogen) atoms. The summed E-state index contributed by atoms with van der Waals surface area (Å²) in [7, 11) is 1.61. The minimum atomic E-state index is -0.590. The molecular weight excluding hydrogens is 390 g/mol. The van der Waals surface area contributed by atoms with Crippen molar-refractivity contribution in [1.29, 1.82) is 0 Å². The van der Waals surface area contributed by atoms with E-state index in [0.29, 0.717) is 36.2 Å². The molecule has 0 saturated heterocycles. The minimum absolute atomic E-state index is 0.210. The summed E-state index contributed by atoms with van der Waals surface area (Å²) in [6.45, 7) is 0.733. The molecule has 0 atom stereocenters. The fourth-order valence-corrected chi connectivity index (χ4v) is 4.89. The number of para-hydroxylation sites is 1. The Bertz CT molecular complexity index is 813. The molecule has 0 spiro atoms. The number of carbonyl (C=O) groups is 2. The first kappa shape index (κ1) is 21.7. The fraction of sp³-hybridized carbons (Fsp3) is 0.545. The summed E-state index contributed by atoms with van der Waals surface area (Å²) in [5, 5.41) is 4.26.